The molecule has 0 radical (unpaired) electrons. The van der Waals surface area contributed by atoms with Gasteiger partial charge in [-0.25, -0.2) is 10.0 Å². The van der Waals surface area contributed by atoms with Crippen molar-refractivity contribution in [2.45, 2.75) is 11.6 Å². The Morgan fingerprint density at radius 2 is 0.800 bits per heavy atom. The number of nitrogens with two attached hydrogens (primary N) is 2. The quantitative estimate of drug-likeness (QED) is 0.186. The molecule has 1 heterocycles. The number of nitro groups is 6. The number of hydrazine groups is 1. The molecule has 24 nitrogen and oxygen atoms in total. The lowest BCUT2D eigenvalue weighted by molar-refractivity contribution is -0.971. The van der Waals surface area contributed by atoms with Crippen LogP contribution >= 0.6 is 0 Å². The molecule has 4 N–H and O–H groups in total. The monoisotopic (exact) mass is 440 g/mol. The average molecular weight is 440 g/mol. The Hall–Kier alpha value is -5.06. The highest BCUT2D eigenvalue weighted by atomic mass is 16.7. The van der Waals surface area contributed by atoms with Crippen molar-refractivity contribution in [3.63, 3.8) is 0 Å². The Labute approximate surface area is 159 Å². The van der Waals surface area contributed by atoms with Gasteiger partial charge in [0.2, 0.25) is 11.9 Å². The van der Waals surface area contributed by atoms with Crippen LogP contribution in [0.4, 0.5) is 0 Å². The van der Waals surface area contributed by atoms with Crippen LogP contribution in [0.3, 0.4) is 0 Å². The standard InChI is InChI=1S/C6H8N12O12/c7-3-9-10-4(8)12(2-6(16(25)26,17(27)28)18(29)30)11(3)1-5(13(19)20,14(21)22)15(23)24/h1-2H2,(H2,7,9)(H2,8,10). The molecule has 1 aliphatic heterocycles. The molecule has 0 fully saturated rings. The van der Waals surface area contributed by atoms with E-state index in [-0.39, 0.29) is 10.0 Å². The van der Waals surface area contributed by atoms with E-state index in [0.29, 0.717) is 0 Å². The van der Waals surface area contributed by atoms with E-state index in [0.717, 1.165) is 0 Å². The van der Waals surface area contributed by atoms with Crippen molar-refractivity contribution in [1.82, 2.24) is 10.0 Å². The molecular weight excluding hydrogens is 432 g/mol. The van der Waals surface area contributed by atoms with Gasteiger partial charge in [0.25, 0.3) is 13.1 Å². The number of nitrogens with zero attached hydrogens (tertiary/aromatic N) is 10. The van der Waals surface area contributed by atoms with Gasteiger partial charge in [0.15, 0.2) is 29.5 Å². The Bertz CT molecular complexity index is 750. The second-order valence-corrected chi connectivity index (χ2v) is 5.12. The summed E-state index contributed by atoms with van der Waals surface area (Å²) in [6.07, 6.45) is 0. The van der Waals surface area contributed by atoms with E-state index in [1.807, 2.05) is 0 Å². The van der Waals surface area contributed by atoms with Crippen LogP contribution < -0.4 is 11.5 Å². The number of rotatable bonds is 10. The summed E-state index contributed by atoms with van der Waals surface area (Å²) < 4.78 is 0. The number of guanidine groups is 2. The molecular formula is C6H8N12O12. The summed E-state index contributed by atoms with van der Waals surface area (Å²) in [5.41, 5.74) is 10.6. The zero-order chi connectivity index (χ0) is 23.6. The van der Waals surface area contributed by atoms with Gasteiger partial charge in [0.05, 0.1) is 0 Å². The van der Waals surface area contributed by atoms with E-state index < -0.39 is 66.1 Å². The molecule has 0 unspecified atom stereocenters. The first kappa shape index (κ1) is 23.0. The summed E-state index contributed by atoms with van der Waals surface area (Å²) in [5, 5.41) is 72.4. The third-order valence-electron chi connectivity index (χ3n) is 3.55. The van der Waals surface area contributed by atoms with Gasteiger partial charge in [0.1, 0.15) is 0 Å². The normalized spacial score (nSPS) is 14.4. The van der Waals surface area contributed by atoms with Crippen molar-refractivity contribution in [3.8, 4) is 0 Å². The fourth-order valence-electron chi connectivity index (χ4n) is 1.93. The predicted octanol–water partition coefficient (Wildman–Crippen LogP) is -3.97. The molecule has 0 aromatic heterocycles. The Balaban J connectivity index is 3.64. The molecule has 0 aromatic rings. The van der Waals surface area contributed by atoms with E-state index in [1.165, 1.54) is 0 Å². The summed E-state index contributed by atoms with van der Waals surface area (Å²) in [5.74, 6) is -10.9. The Morgan fingerprint density at radius 3 is 0.967 bits per heavy atom. The van der Waals surface area contributed by atoms with Gasteiger partial charge < -0.3 is 11.5 Å². The molecule has 30 heavy (non-hydrogen) atoms. The third-order valence-corrected chi connectivity index (χ3v) is 3.55. The van der Waals surface area contributed by atoms with Crippen molar-refractivity contribution in [2.75, 3.05) is 13.1 Å². The maximum atomic E-state index is 11.1. The third kappa shape index (κ3) is 3.29. The second kappa shape index (κ2) is 7.52. The van der Waals surface area contributed by atoms with Crippen molar-refractivity contribution in [1.29, 1.82) is 0 Å². The van der Waals surface area contributed by atoms with Crippen molar-refractivity contribution in [2.24, 2.45) is 21.7 Å². The molecule has 0 bridgehead atoms. The topological polar surface area (TPSA) is 342 Å². The Morgan fingerprint density at radius 1 is 0.600 bits per heavy atom. The van der Waals surface area contributed by atoms with Crippen LogP contribution in [-0.2, 0) is 0 Å². The first-order valence-corrected chi connectivity index (χ1v) is 6.74. The van der Waals surface area contributed by atoms with Gasteiger partial charge in [-0.05, 0) is 0 Å². The maximum Gasteiger partial charge on any atom is 0.719 e. The van der Waals surface area contributed by atoms with Gasteiger partial charge in [-0.2, -0.15) is 0 Å². The molecule has 0 saturated carbocycles. The summed E-state index contributed by atoms with van der Waals surface area (Å²) >= 11 is 0. The minimum Gasteiger partial charge on any atom is -0.367 e. The van der Waals surface area contributed by atoms with E-state index in [1.54, 1.807) is 0 Å². The zero-order valence-corrected chi connectivity index (χ0v) is 13.9. The van der Waals surface area contributed by atoms with Crippen molar-refractivity contribution < 1.29 is 29.5 Å². The molecule has 0 aromatic carbocycles. The molecule has 0 aliphatic carbocycles. The average Bonchev–Trinajstić information content (AvgIpc) is 2.59. The van der Waals surface area contributed by atoms with E-state index in [4.69, 9.17) is 11.5 Å². The van der Waals surface area contributed by atoms with Crippen LogP contribution in [0.2, 0.25) is 0 Å². The molecule has 1 rings (SSSR count). The van der Waals surface area contributed by atoms with Crippen molar-refractivity contribution in [3.05, 3.63) is 60.7 Å². The minimum absolute atomic E-state index is 0.123. The SMILES string of the molecule is NC1=NN=C(N)N(CC([N+](=O)[O-])([N+](=O)[O-])[N+](=O)[O-])N1CC([N+](=O)[O-])([N+](=O)[O-])[N+](=O)[O-]. The van der Waals surface area contributed by atoms with Gasteiger partial charge in [-0.15, -0.1) is 10.2 Å². The number of hydrogen-bond donors (Lipinski definition) is 2. The highest BCUT2D eigenvalue weighted by Gasteiger charge is 2.75. The molecule has 164 valence electrons. The van der Waals surface area contributed by atoms with Gasteiger partial charge in [0, 0.05) is 0 Å². The van der Waals surface area contributed by atoms with Crippen LogP contribution in [-0.4, -0.2) is 76.1 Å². The fraction of sp³-hybridized carbons (Fsp3) is 0.667. The minimum atomic E-state index is -4.28. The van der Waals surface area contributed by atoms with E-state index in [2.05, 4.69) is 10.2 Å². The first-order chi connectivity index (χ1) is 13.7. The van der Waals surface area contributed by atoms with Crippen LogP contribution in [0.25, 0.3) is 0 Å². The molecule has 0 atom stereocenters. The van der Waals surface area contributed by atoms with E-state index >= 15 is 0 Å². The highest BCUT2D eigenvalue weighted by molar-refractivity contribution is 5.87. The largest absolute Gasteiger partial charge is 0.719 e. The van der Waals surface area contributed by atoms with Gasteiger partial charge >= 0.3 is 11.6 Å². The molecule has 0 spiro atoms. The molecule has 1 aliphatic rings. The lowest BCUT2D eigenvalue weighted by Gasteiger charge is -2.35. The summed E-state index contributed by atoms with van der Waals surface area (Å²) in [6, 6.07) is 0. The lowest BCUT2D eigenvalue weighted by Crippen LogP contribution is -2.71. The zero-order valence-electron chi connectivity index (χ0n) is 13.9. The van der Waals surface area contributed by atoms with Gasteiger partial charge in [-0.1, -0.05) is 0 Å². The number of hydrogen-bond acceptors (Lipinski definition) is 18. The smallest absolute Gasteiger partial charge is 0.367 e. The maximum absolute atomic E-state index is 11.1. The van der Waals surface area contributed by atoms with Crippen LogP contribution in [0.1, 0.15) is 0 Å². The van der Waals surface area contributed by atoms with Crippen LogP contribution in [0.5, 0.6) is 0 Å². The predicted molar refractivity (Wildman–Crippen MR) is 84.1 cm³/mol. The Kier molecular flexibility index (Phi) is 5.76. The first-order valence-electron chi connectivity index (χ1n) is 6.74. The second-order valence-electron chi connectivity index (χ2n) is 5.12. The lowest BCUT2D eigenvalue weighted by atomic mass is 10.3. The summed E-state index contributed by atoms with van der Waals surface area (Å²) in [6.45, 7) is -3.98. The fourth-order valence-corrected chi connectivity index (χ4v) is 1.93. The summed E-state index contributed by atoms with van der Waals surface area (Å²) in [4.78, 5) is 54.7. The van der Waals surface area contributed by atoms with Crippen LogP contribution in [0, 0.1) is 60.7 Å². The van der Waals surface area contributed by atoms with Crippen molar-refractivity contribution >= 4 is 11.9 Å². The molecule has 24 heteroatoms. The van der Waals surface area contributed by atoms with Crippen LogP contribution in [0.15, 0.2) is 10.2 Å². The van der Waals surface area contributed by atoms with E-state index in [9.17, 15) is 60.7 Å². The van der Waals surface area contributed by atoms with Gasteiger partial charge in [-0.3, -0.25) is 60.7 Å². The summed E-state index contributed by atoms with van der Waals surface area (Å²) in [7, 11) is 0. The highest BCUT2D eigenvalue weighted by Crippen LogP contribution is 2.21. The molecule has 0 saturated heterocycles. The molecule has 0 amide bonds.